The number of nitrogens with zero attached hydrogens (tertiary/aromatic N) is 2. The van der Waals surface area contributed by atoms with Crippen LogP contribution in [0.3, 0.4) is 0 Å². The summed E-state index contributed by atoms with van der Waals surface area (Å²) in [5, 5.41) is 9.97. The van der Waals surface area contributed by atoms with Gasteiger partial charge in [0.15, 0.2) is 5.82 Å². The van der Waals surface area contributed by atoms with E-state index in [1.165, 1.54) is 24.4 Å². The third-order valence-electron chi connectivity index (χ3n) is 3.13. The molecule has 2 aromatic rings. The highest BCUT2D eigenvalue weighted by Gasteiger charge is 2.21. The highest BCUT2D eigenvalue weighted by molar-refractivity contribution is 7.92. The first-order chi connectivity index (χ1) is 10.1. The Morgan fingerprint density at radius 2 is 2.10 bits per heavy atom. The van der Waals surface area contributed by atoms with Crippen molar-refractivity contribution >= 4 is 21.7 Å². The fourth-order valence-electron chi connectivity index (χ4n) is 2.11. The van der Waals surface area contributed by atoms with Gasteiger partial charge >= 0.3 is 0 Å². The molecule has 3 rings (SSSR count). The second kappa shape index (κ2) is 5.13. The van der Waals surface area contributed by atoms with E-state index in [9.17, 15) is 13.2 Å². The zero-order chi connectivity index (χ0) is 14.9. The van der Waals surface area contributed by atoms with Gasteiger partial charge in [-0.15, -0.1) is 5.10 Å². The van der Waals surface area contributed by atoms with Gasteiger partial charge in [-0.3, -0.25) is 9.52 Å². The van der Waals surface area contributed by atoms with Crippen LogP contribution in [0.2, 0.25) is 0 Å². The molecule has 0 saturated heterocycles. The molecule has 0 bridgehead atoms. The summed E-state index contributed by atoms with van der Waals surface area (Å²) < 4.78 is 26.9. The Bertz CT molecular complexity index is 790. The zero-order valence-electron chi connectivity index (χ0n) is 10.9. The molecular weight excluding hydrogens is 292 g/mol. The van der Waals surface area contributed by atoms with Crippen molar-refractivity contribution in [2.45, 2.75) is 11.3 Å². The first kappa shape index (κ1) is 13.5. The standard InChI is InChI=1S/C13H12N4O3S/c18-13-11-8-10(4-3-9(11)5-7-14-13)21(19,20)17-12-2-1-6-15-16-12/h1-4,6,8H,5,7H2,(H,14,18)(H,16,17). The molecule has 1 aromatic carbocycles. The van der Waals surface area contributed by atoms with Crippen LogP contribution in [0.4, 0.5) is 5.82 Å². The summed E-state index contributed by atoms with van der Waals surface area (Å²) in [5.41, 5.74) is 1.24. The Labute approximate surface area is 121 Å². The Hall–Kier alpha value is -2.48. The summed E-state index contributed by atoms with van der Waals surface area (Å²) in [6.45, 7) is 0.565. The number of aromatic nitrogens is 2. The highest BCUT2D eigenvalue weighted by Crippen LogP contribution is 2.20. The number of nitrogens with one attached hydrogen (secondary N) is 2. The Morgan fingerprint density at radius 1 is 1.24 bits per heavy atom. The van der Waals surface area contributed by atoms with E-state index in [0.29, 0.717) is 18.5 Å². The van der Waals surface area contributed by atoms with Crippen molar-refractivity contribution < 1.29 is 13.2 Å². The quantitative estimate of drug-likeness (QED) is 0.863. The fourth-order valence-corrected chi connectivity index (χ4v) is 3.13. The second-order valence-corrected chi connectivity index (χ2v) is 6.22. The third kappa shape index (κ3) is 2.70. The smallest absolute Gasteiger partial charge is 0.263 e. The number of amides is 1. The van der Waals surface area contributed by atoms with E-state index in [-0.39, 0.29) is 16.6 Å². The van der Waals surface area contributed by atoms with E-state index in [1.807, 2.05) is 0 Å². The SMILES string of the molecule is O=C1NCCc2ccc(S(=O)(=O)Nc3cccnn3)cc21. The predicted molar refractivity (Wildman–Crippen MR) is 75.3 cm³/mol. The monoisotopic (exact) mass is 304 g/mol. The summed E-state index contributed by atoms with van der Waals surface area (Å²) in [7, 11) is -3.80. The molecule has 0 aliphatic carbocycles. The van der Waals surface area contributed by atoms with Crippen LogP contribution in [0.25, 0.3) is 0 Å². The summed E-state index contributed by atoms with van der Waals surface area (Å²) in [5.74, 6) is -0.132. The van der Waals surface area contributed by atoms with Gasteiger partial charge < -0.3 is 5.32 Å². The minimum absolute atomic E-state index is 0.0175. The molecule has 0 spiro atoms. The molecule has 0 saturated carbocycles. The number of carbonyl (C=O) groups is 1. The van der Waals surface area contributed by atoms with E-state index >= 15 is 0 Å². The Morgan fingerprint density at radius 3 is 2.86 bits per heavy atom. The fraction of sp³-hybridized carbons (Fsp3) is 0.154. The lowest BCUT2D eigenvalue weighted by atomic mass is 10.0. The highest BCUT2D eigenvalue weighted by atomic mass is 32.2. The van der Waals surface area contributed by atoms with Crippen molar-refractivity contribution in [1.29, 1.82) is 0 Å². The minimum atomic E-state index is -3.80. The van der Waals surface area contributed by atoms with E-state index in [1.54, 1.807) is 12.1 Å². The minimum Gasteiger partial charge on any atom is -0.352 e. The topological polar surface area (TPSA) is 101 Å². The van der Waals surface area contributed by atoms with Crippen molar-refractivity contribution in [2.24, 2.45) is 0 Å². The molecule has 0 radical (unpaired) electrons. The number of rotatable bonds is 3. The van der Waals surface area contributed by atoms with Crippen LogP contribution in [0.15, 0.2) is 41.4 Å². The Balaban J connectivity index is 1.96. The van der Waals surface area contributed by atoms with Gasteiger partial charge in [-0.1, -0.05) is 6.07 Å². The Kier molecular flexibility index (Phi) is 3.30. The van der Waals surface area contributed by atoms with E-state index in [4.69, 9.17) is 0 Å². The molecular formula is C13H12N4O3S. The molecule has 0 fully saturated rings. The first-order valence-electron chi connectivity index (χ1n) is 6.28. The molecule has 2 N–H and O–H groups in total. The van der Waals surface area contributed by atoms with Gasteiger partial charge in [-0.05, 0) is 36.2 Å². The van der Waals surface area contributed by atoms with Crippen molar-refractivity contribution in [2.75, 3.05) is 11.3 Å². The maximum atomic E-state index is 12.3. The normalized spacial score (nSPS) is 14.2. The maximum absolute atomic E-state index is 12.3. The molecule has 0 atom stereocenters. The molecule has 2 heterocycles. The molecule has 1 aliphatic heterocycles. The van der Waals surface area contributed by atoms with Crippen molar-refractivity contribution in [1.82, 2.24) is 15.5 Å². The lowest BCUT2D eigenvalue weighted by molar-refractivity contribution is 0.0946. The van der Waals surface area contributed by atoms with Gasteiger partial charge in [0.1, 0.15) is 0 Å². The summed E-state index contributed by atoms with van der Waals surface area (Å²) in [6, 6.07) is 7.60. The van der Waals surface area contributed by atoms with Crippen LogP contribution in [0.1, 0.15) is 15.9 Å². The van der Waals surface area contributed by atoms with Gasteiger partial charge in [0.25, 0.3) is 15.9 Å². The van der Waals surface area contributed by atoms with E-state index in [0.717, 1.165) is 5.56 Å². The van der Waals surface area contributed by atoms with Crippen LogP contribution >= 0.6 is 0 Å². The average Bonchev–Trinajstić information content (AvgIpc) is 2.48. The van der Waals surface area contributed by atoms with Gasteiger partial charge in [0, 0.05) is 18.3 Å². The zero-order valence-corrected chi connectivity index (χ0v) is 11.7. The van der Waals surface area contributed by atoms with Crippen LogP contribution in [-0.4, -0.2) is 31.1 Å². The van der Waals surface area contributed by atoms with Crippen molar-refractivity contribution in [3.8, 4) is 0 Å². The van der Waals surface area contributed by atoms with Crippen molar-refractivity contribution in [3.63, 3.8) is 0 Å². The molecule has 1 aliphatic rings. The molecule has 108 valence electrons. The second-order valence-electron chi connectivity index (χ2n) is 4.54. The van der Waals surface area contributed by atoms with Gasteiger partial charge in [0.05, 0.1) is 4.90 Å². The van der Waals surface area contributed by atoms with E-state index in [2.05, 4.69) is 20.2 Å². The summed E-state index contributed by atoms with van der Waals surface area (Å²) in [6.07, 6.45) is 2.14. The van der Waals surface area contributed by atoms with Crippen molar-refractivity contribution in [3.05, 3.63) is 47.7 Å². The summed E-state index contributed by atoms with van der Waals surface area (Å²) >= 11 is 0. The molecule has 8 heteroatoms. The van der Waals surface area contributed by atoms with Crippen LogP contribution in [-0.2, 0) is 16.4 Å². The number of anilines is 1. The lowest BCUT2D eigenvalue weighted by Crippen LogP contribution is -2.32. The van der Waals surface area contributed by atoms with Gasteiger partial charge in [-0.2, -0.15) is 5.10 Å². The van der Waals surface area contributed by atoms with Crippen LogP contribution < -0.4 is 10.0 Å². The van der Waals surface area contributed by atoms with Gasteiger partial charge in [-0.25, -0.2) is 8.42 Å². The summed E-state index contributed by atoms with van der Waals surface area (Å²) in [4.78, 5) is 11.8. The molecule has 1 amide bonds. The van der Waals surface area contributed by atoms with Gasteiger partial charge in [0.2, 0.25) is 0 Å². The van der Waals surface area contributed by atoms with E-state index < -0.39 is 10.0 Å². The number of fused-ring (bicyclic) bond motifs is 1. The maximum Gasteiger partial charge on any atom is 0.263 e. The number of hydrogen-bond acceptors (Lipinski definition) is 5. The average molecular weight is 304 g/mol. The lowest BCUT2D eigenvalue weighted by Gasteiger charge is -2.17. The predicted octanol–water partition coefficient (Wildman–Crippen LogP) is 0.563. The molecule has 0 unspecified atom stereocenters. The number of benzene rings is 1. The van der Waals surface area contributed by atoms with Crippen LogP contribution in [0, 0.1) is 0 Å². The number of carbonyl (C=O) groups excluding carboxylic acids is 1. The molecule has 7 nitrogen and oxygen atoms in total. The number of hydrogen-bond donors (Lipinski definition) is 2. The molecule has 1 aromatic heterocycles. The first-order valence-corrected chi connectivity index (χ1v) is 7.76. The third-order valence-corrected chi connectivity index (χ3v) is 4.48. The largest absolute Gasteiger partial charge is 0.352 e. The van der Waals surface area contributed by atoms with Crippen LogP contribution in [0.5, 0.6) is 0 Å². The number of sulfonamides is 1. The molecule has 21 heavy (non-hydrogen) atoms.